The maximum Gasteiger partial charge on any atom is 0.389 e. The van der Waals surface area contributed by atoms with E-state index in [1.807, 2.05) is 0 Å². The monoisotopic (exact) mass is 299 g/mol. The van der Waals surface area contributed by atoms with Crippen LogP contribution in [-0.2, 0) is 0 Å². The number of nitrogens with two attached hydrogens (primary N) is 1. The number of rotatable bonds is 3. The molecule has 6 heteroatoms. The predicted octanol–water partition coefficient (Wildman–Crippen LogP) is 3.93. The van der Waals surface area contributed by atoms with Crippen molar-refractivity contribution in [3.05, 3.63) is 34.1 Å². The van der Waals surface area contributed by atoms with Gasteiger partial charge in [-0.15, -0.1) is 0 Å². The molecule has 0 radical (unpaired) electrons. The lowest BCUT2D eigenvalue weighted by atomic mass is 10.0. The molecule has 0 aromatic heterocycles. The lowest BCUT2D eigenvalue weighted by Gasteiger charge is -2.14. The minimum atomic E-state index is -4.26. The van der Waals surface area contributed by atoms with Crippen LogP contribution in [0.2, 0.25) is 0 Å². The van der Waals surface area contributed by atoms with Crippen molar-refractivity contribution < 1.29 is 17.6 Å². The quantitative estimate of drug-likeness (QED) is 0.841. The first-order valence-corrected chi connectivity index (χ1v) is 5.36. The maximum absolute atomic E-state index is 13.3. The highest BCUT2D eigenvalue weighted by atomic mass is 79.9. The van der Waals surface area contributed by atoms with Gasteiger partial charge in [-0.05, 0) is 18.6 Å². The molecule has 1 rings (SSSR count). The third-order valence-corrected chi connectivity index (χ3v) is 2.59. The van der Waals surface area contributed by atoms with Crippen molar-refractivity contribution in [2.75, 3.05) is 0 Å². The molecule has 0 spiro atoms. The summed E-state index contributed by atoms with van der Waals surface area (Å²) < 4.78 is 49.7. The highest BCUT2D eigenvalue weighted by molar-refractivity contribution is 9.10. The Morgan fingerprint density at radius 3 is 2.44 bits per heavy atom. The highest BCUT2D eigenvalue weighted by Crippen LogP contribution is 2.28. The second-order valence-corrected chi connectivity index (χ2v) is 4.34. The van der Waals surface area contributed by atoms with Crippen LogP contribution in [0.5, 0.6) is 0 Å². The molecule has 0 saturated carbocycles. The summed E-state index contributed by atoms with van der Waals surface area (Å²) in [7, 11) is 0. The Balaban J connectivity index is 2.70. The summed E-state index contributed by atoms with van der Waals surface area (Å²) in [4.78, 5) is 0. The Morgan fingerprint density at radius 2 is 1.94 bits per heavy atom. The molecule has 1 aromatic rings. The van der Waals surface area contributed by atoms with E-state index in [1.165, 1.54) is 12.1 Å². The molecular formula is C10H10BrF4N. The van der Waals surface area contributed by atoms with Crippen molar-refractivity contribution in [2.45, 2.75) is 25.1 Å². The molecule has 16 heavy (non-hydrogen) atoms. The van der Waals surface area contributed by atoms with Crippen LogP contribution in [0.15, 0.2) is 22.7 Å². The third kappa shape index (κ3) is 4.09. The van der Waals surface area contributed by atoms with Crippen molar-refractivity contribution in [1.29, 1.82) is 0 Å². The van der Waals surface area contributed by atoms with E-state index in [4.69, 9.17) is 5.73 Å². The minimum absolute atomic E-state index is 0.104. The minimum Gasteiger partial charge on any atom is -0.324 e. The van der Waals surface area contributed by atoms with Crippen LogP contribution in [0.3, 0.4) is 0 Å². The summed E-state index contributed by atoms with van der Waals surface area (Å²) in [5.74, 6) is -0.593. The molecule has 0 aliphatic carbocycles. The molecule has 1 atom stereocenters. The van der Waals surface area contributed by atoms with Crippen molar-refractivity contribution in [1.82, 2.24) is 0 Å². The standard InChI is InChI=1S/C10H10BrF4N/c11-6-1-2-7(8(12)5-6)9(16)3-4-10(13,14)15/h1-2,5,9H,3-4,16H2/t9-/m1/s1. The Kier molecular flexibility index (Phi) is 4.32. The molecule has 0 fully saturated rings. The van der Waals surface area contributed by atoms with Crippen molar-refractivity contribution in [3.8, 4) is 0 Å². The van der Waals surface area contributed by atoms with Gasteiger partial charge in [-0.25, -0.2) is 4.39 Å². The van der Waals surface area contributed by atoms with Gasteiger partial charge in [-0.1, -0.05) is 22.0 Å². The smallest absolute Gasteiger partial charge is 0.324 e. The topological polar surface area (TPSA) is 26.0 Å². The Morgan fingerprint density at radius 1 is 1.31 bits per heavy atom. The summed E-state index contributed by atoms with van der Waals surface area (Å²) in [5, 5.41) is 0. The van der Waals surface area contributed by atoms with Crippen LogP contribution in [0, 0.1) is 5.82 Å². The van der Waals surface area contributed by atoms with Gasteiger partial charge >= 0.3 is 6.18 Å². The largest absolute Gasteiger partial charge is 0.389 e. The van der Waals surface area contributed by atoms with Crippen LogP contribution in [0.1, 0.15) is 24.4 Å². The third-order valence-electron chi connectivity index (χ3n) is 2.10. The molecule has 90 valence electrons. The van der Waals surface area contributed by atoms with Gasteiger partial charge in [-0.2, -0.15) is 13.2 Å². The Bertz CT molecular complexity index is 364. The summed E-state index contributed by atoms with van der Waals surface area (Å²) in [6.45, 7) is 0. The lowest BCUT2D eigenvalue weighted by molar-refractivity contribution is -0.136. The summed E-state index contributed by atoms with van der Waals surface area (Å²) in [6, 6.07) is 3.18. The molecule has 1 nitrogen and oxygen atoms in total. The van der Waals surface area contributed by atoms with Gasteiger partial charge in [0.2, 0.25) is 0 Å². The molecule has 0 bridgehead atoms. The number of benzene rings is 1. The van der Waals surface area contributed by atoms with Gasteiger partial charge in [0.1, 0.15) is 5.82 Å². The van der Waals surface area contributed by atoms with Gasteiger partial charge in [0.15, 0.2) is 0 Å². The fraction of sp³-hybridized carbons (Fsp3) is 0.400. The van der Waals surface area contributed by atoms with E-state index >= 15 is 0 Å². The Hall–Kier alpha value is -0.620. The normalized spacial score (nSPS) is 13.9. The molecule has 0 heterocycles. The van der Waals surface area contributed by atoms with Gasteiger partial charge in [0.05, 0.1) is 0 Å². The Labute approximate surface area is 98.8 Å². The van der Waals surface area contributed by atoms with E-state index in [9.17, 15) is 17.6 Å². The molecule has 0 amide bonds. The first-order chi connectivity index (χ1) is 7.29. The first-order valence-electron chi connectivity index (χ1n) is 4.57. The molecule has 2 N–H and O–H groups in total. The summed E-state index contributed by atoms with van der Waals surface area (Å²) in [5.41, 5.74) is 5.60. The number of hydrogen-bond acceptors (Lipinski definition) is 1. The van der Waals surface area contributed by atoms with Gasteiger partial charge in [0, 0.05) is 22.5 Å². The van der Waals surface area contributed by atoms with E-state index in [-0.39, 0.29) is 12.0 Å². The zero-order valence-electron chi connectivity index (χ0n) is 8.19. The highest BCUT2D eigenvalue weighted by Gasteiger charge is 2.28. The van der Waals surface area contributed by atoms with Crippen molar-refractivity contribution in [3.63, 3.8) is 0 Å². The average molecular weight is 300 g/mol. The zero-order chi connectivity index (χ0) is 12.3. The summed E-state index contributed by atoms with van der Waals surface area (Å²) in [6.07, 6.45) is -5.59. The van der Waals surface area contributed by atoms with Crippen molar-refractivity contribution in [2.24, 2.45) is 5.73 Å². The first kappa shape index (κ1) is 13.4. The SMILES string of the molecule is N[C@H](CCC(F)(F)F)c1ccc(Br)cc1F. The van der Waals surface area contributed by atoms with Gasteiger partial charge < -0.3 is 5.73 Å². The van der Waals surface area contributed by atoms with Gasteiger partial charge in [0.25, 0.3) is 0 Å². The van der Waals surface area contributed by atoms with Crippen LogP contribution in [0.25, 0.3) is 0 Å². The second-order valence-electron chi connectivity index (χ2n) is 3.43. The zero-order valence-corrected chi connectivity index (χ0v) is 9.78. The maximum atomic E-state index is 13.3. The lowest BCUT2D eigenvalue weighted by Crippen LogP contribution is -2.16. The fourth-order valence-electron chi connectivity index (χ4n) is 1.28. The van der Waals surface area contributed by atoms with E-state index in [0.717, 1.165) is 0 Å². The van der Waals surface area contributed by atoms with Crippen LogP contribution >= 0.6 is 15.9 Å². The second kappa shape index (κ2) is 5.14. The molecule has 0 aliphatic heterocycles. The van der Waals surface area contributed by atoms with Crippen LogP contribution in [0.4, 0.5) is 17.6 Å². The molecule has 1 aromatic carbocycles. The molecular weight excluding hydrogens is 290 g/mol. The molecule has 0 aliphatic rings. The number of halogens is 5. The van der Waals surface area contributed by atoms with Crippen LogP contribution < -0.4 is 5.73 Å². The summed E-state index contributed by atoms with van der Waals surface area (Å²) >= 11 is 3.06. The average Bonchev–Trinajstić information content (AvgIpc) is 2.13. The van der Waals surface area contributed by atoms with Gasteiger partial charge in [-0.3, -0.25) is 0 Å². The molecule has 0 saturated heterocycles. The van der Waals surface area contributed by atoms with Crippen molar-refractivity contribution >= 4 is 15.9 Å². The molecule has 0 unspecified atom stereocenters. The fourth-order valence-corrected chi connectivity index (χ4v) is 1.61. The predicted molar refractivity (Wildman–Crippen MR) is 56.3 cm³/mol. The van der Waals surface area contributed by atoms with E-state index in [1.54, 1.807) is 6.07 Å². The number of alkyl halides is 3. The van der Waals surface area contributed by atoms with Crippen LogP contribution in [-0.4, -0.2) is 6.18 Å². The van der Waals surface area contributed by atoms with E-state index in [2.05, 4.69) is 15.9 Å². The van der Waals surface area contributed by atoms with E-state index in [0.29, 0.717) is 4.47 Å². The number of hydrogen-bond donors (Lipinski definition) is 1. The van der Waals surface area contributed by atoms with E-state index < -0.39 is 24.5 Å².